The van der Waals surface area contributed by atoms with Gasteiger partial charge in [0, 0.05) is 23.3 Å². The molecule has 2 heterocycles. The van der Waals surface area contributed by atoms with Gasteiger partial charge in [-0.3, -0.25) is 14.4 Å². The number of nitrogens with one attached hydrogen (secondary N) is 2. The van der Waals surface area contributed by atoms with Gasteiger partial charge in [0.25, 0.3) is 5.56 Å². The lowest BCUT2D eigenvalue weighted by atomic mass is 10.1. The number of aromatic nitrogens is 1. The Bertz CT molecular complexity index is 570. The number of halogens is 1. The third kappa shape index (κ3) is 3.93. The van der Waals surface area contributed by atoms with Gasteiger partial charge in [-0.1, -0.05) is 0 Å². The lowest BCUT2D eigenvalue weighted by Crippen LogP contribution is -2.47. The van der Waals surface area contributed by atoms with Crippen LogP contribution in [0.4, 0.5) is 0 Å². The maximum atomic E-state index is 11.9. The van der Waals surface area contributed by atoms with Crippen molar-refractivity contribution in [3.8, 4) is 0 Å². The minimum Gasteiger partial charge on any atom is -0.354 e. The molecule has 0 aliphatic carbocycles. The van der Waals surface area contributed by atoms with Crippen LogP contribution in [0.1, 0.15) is 19.3 Å². The van der Waals surface area contributed by atoms with Crippen LogP contribution >= 0.6 is 15.9 Å². The first-order valence-corrected chi connectivity index (χ1v) is 7.28. The smallest absolute Gasteiger partial charge is 0.251 e. The Morgan fingerprint density at radius 2 is 2.20 bits per heavy atom. The van der Waals surface area contributed by atoms with E-state index in [1.54, 1.807) is 12.3 Å². The molecule has 1 saturated heterocycles. The van der Waals surface area contributed by atoms with Crippen LogP contribution in [0.3, 0.4) is 0 Å². The predicted molar refractivity (Wildman–Crippen MR) is 77.2 cm³/mol. The van der Waals surface area contributed by atoms with Crippen LogP contribution in [-0.2, 0) is 16.1 Å². The Kier molecular flexibility index (Phi) is 4.94. The first kappa shape index (κ1) is 14.8. The molecule has 1 aromatic rings. The van der Waals surface area contributed by atoms with Crippen molar-refractivity contribution in [2.24, 2.45) is 0 Å². The topological polar surface area (TPSA) is 80.2 Å². The van der Waals surface area contributed by atoms with Gasteiger partial charge in [-0.05, 0) is 41.3 Å². The number of nitrogens with zero attached hydrogens (tertiary/aromatic N) is 1. The van der Waals surface area contributed by atoms with Gasteiger partial charge in [0.15, 0.2) is 0 Å². The van der Waals surface area contributed by atoms with E-state index in [9.17, 15) is 14.4 Å². The molecule has 1 atom stereocenters. The molecule has 1 aromatic heterocycles. The van der Waals surface area contributed by atoms with Crippen LogP contribution in [0.2, 0.25) is 0 Å². The predicted octanol–water partition coefficient (Wildman–Crippen LogP) is 0.396. The van der Waals surface area contributed by atoms with Crippen molar-refractivity contribution >= 4 is 27.7 Å². The summed E-state index contributed by atoms with van der Waals surface area (Å²) < 4.78 is 2.02. The molecule has 6 nitrogen and oxygen atoms in total. The second-order valence-electron chi connectivity index (χ2n) is 4.72. The molecule has 1 fully saturated rings. The summed E-state index contributed by atoms with van der Waals surface area (Å²) in [5.41, 5.74) is -0.256. The van der Waals surface area contributed by atoms with Crippen LogP contribution in [0, 0.1) is 0 Å². The molecule has 0 radical (unpaired) electrons. The highest BCUT2D eigenvalue weighted by Gasteiger charge is 2.22. The summed E-state index contributed by atoms with van der Waals surface area (Å²) in [7, 11) is 0. The van der Waals surface area contributed by atoms with E-state index < -0.39 is 6.04 Å². The molecule has 0 unspecified atom stereocenters. The fourth-order valence-electron chi connectivity index (χ4n) is 2.10. The monoisotopic (exact) mass is 341 g/mol. The van der Waals surface area contributed by atoms with E-state index in [1.807, 2.05) is 0 Å². The van der Waals surface area contributed by atoms with Crippen LogP contribution in [0.25, 0.3) is 0 Å². The zero-order valence-corrected chi connectivity index (χ0v) is 12.5. The number of carbonyl (C=O) groups excluding carboxylic acids is 2. The summed E-state index contributed by atoms with van der Waals surface area (Å²) in [5, 5.41) is 5.43. The molecule has 2 rings (SSSR count). The Morgan fingerprint density at radius 3 is 3.00 bits per heavy atom. The molecule has 0 bridgehead atoms. The SMILES string of the molecule is O=C(Cn1cc(Br)ccc1=O)N[C@@H]1CCCCNC1=O. The van der Waals surface area contributed by atoms with E-state index >= 15 is 0 Å². The van der Waals surface area contributed by atoms with Crippen molar-refractivity contribution in [3.05, 3.63) is 33.2 Å². The summed E-state index contributed by atoms with van der Waals surface area (Å²) in [6.07, 6.45) is 3.99. The number of carbonyl (C=O) groups is 2. The Morgan fingerprint density at radius 1 is 1.40 bits per heavy atom. The average Bonchev–Trinajstić information content (AvgIpc) is 2.59. The summed E-state index contributed by atoms with van der Waals surface area (Å²) in [6, 6.07) is 2.50. The molecule has 2 N–H and O–H groups in total. The van der Waals surface area contributed by atoms with Gasteiger partial charge in [0.2, 0.25) is 11.8 Å². The van der Waals surface area contributed by atoms with E-state index in [1.165, 1.54) is 10.6 Å². The molecule has 0 aromatic carbocycles. The first-order chi connectivity index (χ1) is 9.56. The quantitative estimate of drug-likeness (QED) is 0.834. The summed E-state index contributed by atoms with van der Waals surface area (Å²) in [4.78, 5) is 35.3. The third-order valence-electron chi connectivity index (χ3n) is 3.13. The first-order valence-electron chi connectivity index (χ1n) is 6.49. The van der Waals surface area contributed by atoms with Gasteiger partial charge >= 0.3 is 0 Å². The number of pyridine rings is 1. The largest absolute Gasteiger partial charge is 0.354 e. The summed E-state index contributed by atoms with van der Waals surface area (Å²) >= 11 is 3.25. The van der Waals surface area contributed by atoms with E-state index in [2.05, 4.69) is 26.6 Å². The number of hydrogen-bond acceptors (Lipinski definition) is 3. The van der Waals surface area contributed by atoms with E-state index in [4.69, 9.17) is 0 Å². The molecule has 2 amide bonds. The van der Waals surface area contributed by atoms with Gasteiger partial charge in [0.05, 0.1) is 0 Å². The van der Waals surface area contributed by atoms with Crippen molar-refractivity contribution in [1.82, 2.24) is 15.2 Å². The van der Waals surface area contributed by atoms with Crippen molar-refractivity contribution in [1.29, 1.82) is 0 Å². The maximum Gasteiger partial charge on any atom is 0.251 e. The zero-order valence-electron chi connectivity index (χ0n) is 10.9. The highest BCUT2D eigenvalue weighted by molar-refractivity contribution is 9.10. The van der Waals surface area contributed by atoms with Gasteiger partial charge < -0.3 is 15.2 Å². The average molecular weight is 342 g/mol. The minimum atomic E-state index is -0.507. The van der Waals surface area contributed by atoms with Crippen LogP contribution in [-0.4, -0.2) is 29.0 Å². The molecule has 7 heteroatoms. The lowest BCUT2D eigenvalue weighted by Gasteiger charge is -2.15. The van der Waals surface area contributed by atoms with Gasteiger partial charge in [0.1, 0.15) is 12.6 Å². The summed E-state index contributed by atoms with van der Waals surface area (Å²) in [5.74, 6) is -0.496. The molecule has 108 valence electrons. The number of amides is 2. The van der Waals surface area contributed by atoms with Crippen molar-refractivity contribution in [2.75, 3.05) is 6.54 Å². The van der Waals surface area contributed by atoms with Gasteiger partial charge in [-0.2, -0.15) is 0 Å². The van der Waals surface area contributed by atoms with E-state index in [-0.39, 0.29) is 23.9 Å². The Labute approximate surface area is 124 Å². The summed E-state index contributed by atoms with van der Waals surface area (Å²) in [6.45, 7) is 0.554. The van der Waals surface area contributed by atoms with E-state index in [0.717, 1.165) is 17.3 Å². The van der Waals surface area contributed by atoms with E-state index in [0.29, 0.717) is 13.0 Å². The molecule has 20 heavy (non-hydrogen) atoms. The fourth-order valence-corrected chi connectivity index (χ4v) is 2.48. The van der Waals surface area contributed by atoms with Crippen LogP contribution < -0.4 is 16.2 Å². The standard InChI is InChI=1S/C13H16BrN3O3/c14-9-4-5-12(19)17(7-9)8-11(18)16-10-3-1-2-6-15-13(10)20/h4-5,7,10H,1-3,6,8H2,(H,15,20)(H,16,18)/t10-/m1/s1. The lowest BCUT2D eigenvalue weighted by molar-refractivity contribution is -0.129. The fraction of sp³-hybridized carbons (Fsp3) is 0.462. The highest BCUT2D eigenvalue weighted by atomic mass is 79.9. The molecular weight excluding hydrogens is 326 g/mol. The maximum absolute atomic E-state index is 11.9. The molecule has 1 aliphatic rings. The second-order valence-corrected chi connectivity index (χ2v) is 5.64. The molecule has 0 saturated carbocycles. The minimum absolute atomic E-state index is 0.0952. The van der Waals surface area contributed by atoms with Crippen molar-refractivity contribution in [2.45, 2.75) is 31.8 Å². The van der Waals surface area contributed by atoms with Gasteiger partial charge in [-0.15, -0.1) is 0 Å². The molecule has 0 spiro atoms. The number of rotatable bonds is 3. The van der Waals surface area contributed by atoms with Crippen molar-refractivity contribution < 1.29 is 9.59 Å². The van der Waals surface area contributed by atoms with Crippen LogP contribution in [0.15, 0.2) is 27.6 Å². The van der Waals surface area contributed by atoms with Crippen LogP contribution in [0.5, 0.6) is 0 Å². The Hall–Kier alpha value is -1.63. The highest BCUT2D eigenvalue weighted by Crippen LogP contribution is 2.06. The Balaban J connectivity index is 1.99. The normalized spacial score (nSPS) is 19.1. The molecule has 1 aliphatic heterocycles. The third-order valence-corrected chi connectivity index (χ3v) is 3.60. The number of hydrogen-bond donors (Lipinski definition) is 2. The molecular formula is C13H16BrN3O3. The van der Waals surface area contributed by atoms with Gasteiger partial charge in [-0.25, -0.2) is 0 Å². The second kappa shape index (κ2) is 6.69. The van der Waals surface area contributed by atoms with Crippen molar-refractivity contribution in [3.63, 3.8) is 0 Å². The zero-order chi connectivity index (χ0) is 14.5.